The zero-order valence-corrected chi connectivity index (χ0v) is 17.7. The highest BCUT2D eigenvalue weighted by atomic mass is 127. The molecule has 3 rings (SSSR count). The van der Waals surface area contributed by atoms with E-state index in [9.17, 15) is 5.11 Å². The first-order valence-corrected chi connectivity index (χ1v) is 9.22. The Morgan fingerprint density at radius 1 is 1.23 bits per heavy atom. The lowest BCUT2D eigenvalue weighted by molar-refractivity contribution is 0.187. The van der Waals surface area contributed by atoms with Crippen LogP contribution in [0.15, 0.2) is 23.5 Å². The van der Waals surface area contributed by atoms with Gasteiger partial charge in [-0.2, -0.15) is 0 Å². The summed E-state index contributed by atoms with van der Waals surface area (Å²) in [6, 6.07) is 1.85. The van der Waals surface area contributed by atoms with Crippen molar-refractivity contribution < 1.29 is 5.11 Å². The van der Waals surface area contributed by atoms with Crippen LogP contribution in [0.3, 0.4) is 0 Å². The normalized spacial score (nSPS) is 21.6. The van der Waals surface area contributed by atoms with Gasteiger partial charge in [0.1, 0.15) is 0 Å². The van der Waals surface area contributed by atoms with Crippen LogP contribution in [0, 0.1) is 0 Å². The Bertz CT molecular complexity index is 551. The van der Waals surface area contributed by atoms with Gasteiger partial charge in [0.15, 0.2) is 5.96 Å². The molecule has 2 fully saturated rings. The first-order valence-electron chi connectivity index (χ1n) is 9.22. The zero-order valence-electron chi connectivity index (χ0n) is 15.4. The number of anilines is 1. The number of guanidine groups is 1. The van der Waals surface area contributed by atoms with Crippen molar-refractivity contribution in [3.63, 3.8) is 0 Å². The average Bonchev–Trinajstić information content (AvgIpc) is 3.09. The summed E-state index contributed by atoms with van der Waals surface area (Å²) in [6.07, 6.45) is 4.19. The second-order valence-electron chi connectivity index (χ2n) is 6.50. The highest BCUT2D eigenvalue weighted by Crippen LogP contribution is 2.10. The topological polar surface area (TPSA) is 80.1 Å². The third kappa shape index (κ3) is 5.92. The molecule has 8 nitrogen and oxygen atoms in total. The molecule has 1 aromatic rings. The summed E-state index contributed by atoms with van der Waals surface area (Å²) >= 11 is 0. The van der Waals surface area contributed by atoms with Gasteiger partial charge in [-0.05, 0) is 19.4 Å². The molecular weight excluding hydrogens is 445 g/mol. The highest BCUT2D eigenvalue weighted by molar-refractivity contribution is 14.0. The first-order chi connectivity index (χ1) is 12.3. The number of β-amino-alcohol motifs (C(OH)–C–C–N with tert-alkyl or cyclic N) is 1. The second-order valence-corrected chi connectivity index (χ2v) is 6.50. The van der Waals surface area contributed by atoms with Crippen LogP contribution in [0.25, 0.3) is 0 Å². The number of nitrogens with zero attached hydrogens (tertiary/aromatic N) is 6. The van der Waals surface area contributed by atoms with Gasteiger partial charge in [0.25, 0.3) is 0 Å². The SMILES string of the molecule is CCNC(=NCCN1CCN(c2ncccn2)CC1)N1CC[C@@H](O)C1.I. The Hall–Kier alpha value is -1.20. The lowest BCUT2D eigenvalue weighted by atomic mass is 10.3. The number of aliphatic hydroxyl groups excluding tert-OH is 1. The second kappa shape index (κ2) is 10.8. The van der Waals surface area contributed by atoms with Crippen LogP contribution in [0.1, 0.15) is 13.3 Å². The molecular formula is C17H30IN7O. The first kappa shape index (κ1) is 21.1. The number of nitrogens with one attached hydrogen (secondary N) is 1. The predicted octanol–water partition coefficient (Wildman–Crippen LogP) is 0.249. The summed E-state index contributed by atoms with van der Waals surface area (Å²) in [5.41, 5.74) is 0. The largest absolute Gasteiger partial charge is 0.391 e. The molecule has 2 aliphatic heterocycles. The fourth-order valence-corrected chi connectivity index (χ4v) is 3.28. The Balaban J connectivity index is 0.00000243. The number of rotatable bonds is 5. The van der Waals surface area contributed by atoms with E-state index < -0.39 is 0 Å². The van der Waals surface area contributed by atoms with Gasteiger partial charge < -0.3 is 20.2 Å². The molecule has 0 aromatic carbocycles. The molecule has 146 valence electrons. The van der Waals surface area contributed by atoms with Gasteiger partial charge in [-0.15, -0.1) is 24.0 Å². The molecule has 1 atom stereocenters. The molecule has 26 heavy (non-hydrogen) atoms. The van der Waals surface area contributed by atoms with Gasteiger partial charge in [-0.3, -0.25) is 9.89 Å². The van der Waals surface area contributed by atoms with Crippen molar-refractivity contribution in [1.29, 1.82) is 0 Å². The maximum absolute atomic E-state index is 9.72. The molecule has 0 saturated carbocycles. The van der Waals surface area contributed by atoms with E-state index >= 15 is 0 Å². The van der Waals surface area contributed by atoms with E-state index in [1.165, 1.54) is 0 Å². The fourth-order valence-electron chi connectivity index (χ4n) is 3.28. The molecule has 2 N–H and O–H groups in total. The smallest absolute Gasteiger partial charge is 0.225 e. The lowest BCUT2D eigenvalue weighted by Gasteiger charge is -2.34. The third-order valence-electron chi connectivity index (χ3n) is 4.68. The Morgan fingerprint density at radius 3 is 2.58 bits per heavy atom. The standard InChI is InChI=1S/C17H29N7O.HI/c1-2-18-16(24-8-4-15(25)14-24)21-7-9-22-10-12-23(13-11-22)17-19-5-3-6-20-17;/h3,5-6,15,25H,2,4,7-14H2,1H3,(H,18,21);1H/t15-;/m1./s1. The summed E-state index contributed by atoms with van der Waals surface area (Å²) in [7, 11) is 0. The molecule has 0 aliphatic carbocycles. The molecule has 0 spiro atoms. The van der Waals surface area contributed by atoms with Crippen molar-refractivity contribution >= 4 is 35.9 Å². The average molecular weight is 475 g/mol. The third-order valence-corrected chi connectivity index (χ3v) is 4.68. The van der Waals surface area contributed by atoms with E-state index in [1.807, 2.05) is 6.07 Å². The molecule has 0 bridgehead atoms. The van der Waals surface area contributed by atoms with E-state index in [1.54, 1.807) is 12.4 Å². The summed E-state index contributed by atoms with van der Waals surface area (Å²) in [6.45, 7) is 10.1. The van der Waals surface area contributed by atoms with Crippen molar-refractivity contribution in [3.8, 4) is 0 Å². The highest BCUT2D eigenvalue weighted by Gasteiger charge is 2.23. The minimum Gasteiger partial charge on any atom is -0.391 e. The Morgan fingerprint density at radius 2 is 1.96 bits per heavy atom. The fraction of sp³-hybridized carbons (Fsp3) is 0.706. The summed E-state index contributed by atoms with van der Waals surface area (Å²) in [5, 5.41) is 13.1. The quantitative estimate of drug-likeness (QED) is 0.359. The van der Waals surface area contributed by atoms with Crippen LogP contribution >= 0.6 is 24.0 Å². The van der Waals surface area contributed by atoms with Crippen LogP contribution in [0.2, 0.25) is 0 Å². The van der Waals surface area contributed by atoms with E-state index in [0.29, 0.717) is 6.54 Å². The van der Waals surface area contributed by atoms with Crippen LogP contribution < -0.4 is 10.2 Å². The molecule has 0 unspecified atom stereocenters. The van der Waals surface area contributed by atoms with Crippen molar-refractivity contribution in [2.75, 3.05) is 63.8 Å². The number of hydrogen-bond donors (Lipinski definition) is 2. The van der Waals surface area contributed by atoms with Crippen molar-refractivity contribution in [2.45, 2.75) is 19.4 Å². The molecule has 9 heteroatoms. The molecule has 3 heterocycles. The predicted molar refractivity (Wildman–Crippen MR) is 114 cm³/mol. The van der Waals surface area contributed by atoms with Crippen LogP contribution in [-0.4, -0.2) is 95.8 Å². The van der Waals surface area contributed by atoms with Gasteiger partial charge in [0.2, 0.25) is 5.95 Å². The summed E-state index contributed by atoms with van der Waals surface area (Å²) in [5.74, 6) is 1.75. The minimum atomic E-state index is -0.225. The Kier molecular flexibility index (Phi) is 8.79. The van der Waals surface area contributed by atoms with Gasteiger partial charge in [-0.1, -0.05) is 0 Å². The number of aliphatic hydroxyl groups is 1. The van der Waals surface area contributed by atoms with Gasteiger partial charge >= 0.3 is 0 Å². The molecule has 0 amide bonds. The molecule has 1 aromatic heterocycles. The van der Waals surface area contributed by atoms with Gasteiger partial charge in [-0.25, -0.2) is 9.97 Å². The van der Waals surface area contributed by atoms with Crippen molar-refractivity contribution in [1.82, 2.24) is 25.1 Å². The number of piperazine rings is 1. The van der Waals surface area contributed by atoms with Crippen molar-refractivity contribution in [2.24, 2.45) is 4.99 Å². The maximum Gasteiger partial charge on any atom is 0.225 e. The van der Waals surface area contributed by atoms with Crippen molar-refractivity contribution in [3.05, 3.63) is 18.5 Å². The lowest BCUT2D eigenvalue weighted by Crippen LogP contribution is -2.48. The van der Waals surface area contributed by atoms with Gasteiger partial charge in [0.05, 0.1) is 12.6 Å². The number of halogens is 1. The number of aromatic nitrogens is 2. The molecule has 2 aliphatic rings. The van der Waals surface area contributed by atoms with E-state index in [2.05, 4.69) is 36.9 Å². The van der Waals surface area contributed by atoms with E-state index in [4.69, 9.17) is 4.99 Å². The number of hydrogen-bond acceptors (Lipinski definition) is 6. The number of aliphatic imine (C=N–C) groups is 1. The van der Waals surface area contributed by atoms with E-state index in [0.717, 1.165) is 70.7 Å². The van der Waals surface area contributed by atoms with Crippen LogP contribution in [0.4, 0.5) is 5.95 Å². The maximum atomic E-state index is 9.72. The molecule has 2 saturated heterocycles. The van der Waals surface area contributed by atoms with E-state index in [-0.39, 0.29) is 30.1 Å². The summed E-state index contributed by atoms with van der Waals surface area (Å²) < 4.78 is 0. The van der Waals surface area contributed by atoms with Gasteiger partial charge in [0, 0.05) is 64.8 Å². The Labute approximate surface area is 172 Å². The molecule has 0 radical (unpaired) electrons. The zero-order chi connectivity index (χ0) is 17.5. The van der Waals surface area contributed by atoms with Crippen LogP contribution in [-0.2, 0) is 0 Å². The minimum absolute atomic E-state index is 0. The van der Waals surface area contributed by atoms with Crippen LogP contribution in [0.5, 0.6) is 0 Å². The summed E-state index contributed by atoms with van der Waals surface area (Å²) in [4.78, 5) is 20.2. The monoisotopic (exact) mass is 475 g/mol. The number of likely N-dealkylation sites (tertiary alicyclic amines) is 1.